The monoisotopic (exact) mass is 646 g/mol. The van der Waals surface area contributed by atoms with E-state index in [4.69, 9.17) is 0 Å². The Morgan fingerprint density at radius 1 is 0.809 bits per heavy atom. The molecule has 3 aromatic carbocycles. The van der Waals surface area contributed by atoms with Crippen molar-refractivity contribution >= 4 is 56.0 Å². The van der Waals surface area contributed by atoms with Crippen LogP contribution in [0.1, 0.15) is 83.3 Å². The molecule has 6 rings (SSSR count). The predicted molar refractivity (Wildman–Crippen MR) is 190 cm³/mol. The van der Waals surface area contributed by atoms with Gasteiger partial charge in [-0.1, -0.05) is 110 Å². The Hall–Kier alpha value is -3.58. The van der Waals surface area contributed by atoms with Crippen molar-refractivity contribution in [3.63, 3.8) is 0 Å². The first-order valence-corrected chi connectivity index (χ1v) is 18.2. The van der Waals surface area contributed by atoms with Gasteiger partial charge in [0.2, 0.25) is 11.2 Å². The number of fused-ring (bicyclic) bond motifs is 4. The highest BCUT2D eigenvalue weighted by molar-refractivity contribution is 8.13. The van der Waals surface area contributed by atoms with Gasteiger partial charge in [-0.15, -0.1) is 0 Å². The van der Waals surface area contributed by atoms with Crippen molar-refractivity contribution in [2.24, 2.45) is 0 Å². The summed E-state index contributed by atoms with van der Waals surface area (Å²) in [5.41, 5.74) is 5.69. The Morgan fingerprint density at radius 3 is 2.19 bits per heavy atom. The number of benzene rings is 3. The molecule has 2 unspecified atom stereocenters. The number of rotatable bonds is 13. The van der Waals surface area contributed by atoms with Crippen molar-refractivity contribution in [1.29, 1.82) is 0 Å². The molecule has 1 saturated carbocycles. The molecule has 1 aromatic heterocycles. The number of hydrogen-bond donors (Lipinski definition) is 1. The maximum Gasteiger partial charge on any atom is 0.213 e. The fourth-order valence-electron chi connectivity index (χ4n) is 7.20. The molecule has 6 heteroatoms. The number of thioether (sulfide) groups is 1. The van der Waals surface area contributed by atoms with Crippen molar-refractivity contribution in [2.45, 2.75) is 96.3 Å². The molecule has 0 radical (unpaired) electrons. The number of hydrogen-bond acceptors (Lipinski definition) is 4. The summed E-state index contributed by atoms with van der Waals surface area (Å²) in [5, 5.41) is 30.6. The SMILES string of the molecule is CC(=O)SCCCCCCCCCC[n+]1ccc(C=C2C([O-])C(=CC3=[NH+]c4ccc5ccccc5c4C3(C)C)C2[O-])c2ccccc21. The van der Waals surface area contributed by atoms with Crippen molar-refractivity contribution in [3.05, 3.63) is 101 Å². The van der Waals surface area contributed by atoms with E-state index >= 15 is 0 Å². The zero-order chi connectivity index (χ0) is 33.0. The molecule has 0 saturated heterocycles. The number of carbonyl (C=O) groups is 1. The lowest BCUT2D eigenvalue weighted by Crippen LogP contribution is -2.66. The van der Waals surface area contributed by atoms with Crippen LogP contribution in [-0.4, -0.2) is 28.8 Å². The van der Waals surface area contributed by atoms with E-state index in [9.17, 15) is 15.0 Å². The summed E-state index contributed by atoms with van der Waals surface area (Å²) < 4.78 is 2.30. The minimum absolute atomic E-state index is 0.219. The van der Waals surface area contributed by atoms with Crippen LogP contribution in [-0.2, 0) is 16.8 Å². The van der Waals surface area contributed by atoms with Gasteiger partial charge in [0, 0.05) is 48.9 Å². The summed E-state index contributed by atoms with van der Waals surface area (Å²) >= 11 is 1.44. The smallest absolute Gasteiger partial charge is 0.213 e. The molecule has 244 valence electrons. The molecule has 4 aromatic rings. The van der Waals surface area contributed by atoms with Crippen LogP contribution < -0.4 is 19.8 Å². The fraction of sp³-hybridized carbons (Fsp3) is 0.390. The molecule has 2 heterocycles. The molecule has 1 N–H and O–H groups in total. The summed E-state index contributed by atoms with van der Waals surface area (Å²) in [6, 6.07) is 22.9. The molecule has 5 nitrogen and oxygen atoms in total. The van der Waals surface area contributed by atoms with E-state index in [-0.39, 0.29) is 10.5 Å². The molecular weight excluding hydrogens is 601 g/mol. The molecule has 0 amide bonds. The highest BCUT2D eigenvalue weighted by Gasteiger charge is 2.42. The van der Waals surface area contributed by atoms with Gasteiger partial charge in [-0.3, -0.25) is 4.79 Å². The topological polar surface area (TPSA) is 81.0 Å². The number of aryl methyl sites for hydroxylation is 1. The van der Waals surface area contributed by atoms with Gasteiger partial charge in [0.05, 0.1) is 10.8 Å². The molecule has 2 aliphatic rings. The lowest BCUT2D eigenvalue weighted by molar-refractivity contribution is -0.671. The summed E-state index contributed by atoms with van der Waals surface area (Å²) in [4.78, 5) is 14.5. The average Bonchev–Trinajstić information content (AvgIpc) is 3.34. The second-order valence-corrected chi connectivity index (χ2v) is 14.8. The third-order valence-corrected chi connectivity index (χ3v) is 10.8. The summed E-state index contributed by atoms with van der Waals surface area (Å²) in [7, 11) is 0. The minimum Gasteiger partial charge on any atom is -0.846 e. The van der Waals surface area contributed by atoms with E-state index in [1.807, 2.05) is 24.3 Å². The molecule has 1 aliphatic carbocycles. The van der Waals surface area contributed by atoms with Gasteiger partial charge < -0.3 is 10.2 Å². The van der Waals surface area contributed by atoms with Crippen LogP contribution in [0.2, 0.25) is 0 Å². The van der Waals surface area contributed by atoms with Crippen molar-refractivity contribution in [1.82, 2.24) is 0 Å². The zero-order valence-corrected chi connectivity index (χ0v) is 28.7. The Labute approximate surface area is 283 Å². The first-order chi connectivity index (χ1) is 22.8. The number of nitrogens with zero attached hydrogens (tertiary/aromatic N) is 1. The maximum absolute atomic E-state index is 13.5. The number of unbranched alkanes of at least 4 members (excludes halogenated alkanes) is 7. The first-order valence-electron chi connectivity index (χ1n) is 17.2. The largest absolute Gasteiger partial charge is 0.846 e. The highest BCUT2D eigenvalue weighted by atomic mass is 32.2. The highest BCUT2D eigenvalue weighted by Crippen LogP contribution is 2.39. The Morgan fingerprint density at radius 2 is 1.45 bits per heavy atom. The number of nitrogens with one attached hydrogen (secondary N) is 1. The van der Waals surface area contributed by atoms with E-state index in [1.54, 1.807) is 6.92 Å². The summed E-state index contributed by atoms with van der Waals surface area (Å²) in [6.45, 7) is 6.90. The van der Waals surface area contributed by atoms with Crippen molar-refractivity contribution < 1.29 is 24.6 Å². The first kappa shape index (κ1) is 33.3. The van der Waals surface area contributed by atoms with Crippen molar-refractivity contribution in [2.75, 3.05) is 5.75 Å². The molecular formula is C41H46N2O3S. The Kier molecular flexibility index (Phi) is 10.4. The van der Waals surface area contributed by atoms with Gasteiger partial charge >= 0.3 is 0 Å². The summed E-state index contributed by atoms with van der Waals surface area (Å²) in [5.74, 6) is 0.951. The molecule has 0 spiro atoms. The van der Waals surface area contributed by atoms with Crippen LogP contribution in [0.5, 0.6) is 0 Å². The van der Waals surface area contributed by atoms with Crippen LogP contribution in [0.25, 0.3) is 27.8 Å². The molecule has 2 atom stereocenters. The van der Waals surface area contributed by atoms with Crippen LogP contribution in [0, 0.1) is 0 Å². The van der Waals surface area contributed by atoms with E-state index < -0.39 is 12.2 Å². The molecule has 47 heavy (non-hydrogen) atoms. The number of carbonyl (C=O) groups excluding carboxylic acids is 1. The standard InChI is InChI=1S/C41H45N2O3S/c1-28(44)47-25-15-9-7-5-4-6-8-14-23-43-24-22-30(31-17-12-13-19-36(31)43)26-33-39(45)34(40(33)46)27-37-41(2,3)38-32-18-11-10-16-29(32)20-21-35(38)42-37/h10-13,16-22,24,26-27,39-40H,4-9,14-15,23,25H2,1-3H3/q-1/p+1. The fourth-order valence-corrected chi connectivity index (χ4v) is 7.84. The van der Waals surface area contributed by atoms with Crippen LogP contribution >= 0.6 is 11.8 Å². The van der Waals surface area contributed by atoms with E-state index in [0.717, 1.165) is 53.0 Å². The third kappa shape index (κ3) is 7.15. The van der Waals surface area contributed by atoms with Crippen molar-refractivity contribution in [3.8, 4) is 0 Å². The molecule has 1 fully saturated rings. The lowest BCUT2D eigenvalue weighted by atomic mass is 9.74. The second-order valence-electron chi connectivity index (χ2n) is 13.6. The summed E-state index contributed by atoms with van der Waals surface area (Å²) in [6.07, 6.45) is 13.2. The average molecular weight is 647 g/mol. The van der Waals surface area contributed by atoms with E-state index in [1.165, 1.54) is 66.6 Å². The van der Waals surface area contributed by atoms with Gasteiger partial charge in [0.25, 0.3) is 0 Å². The van der Waals surface area contributed by atoms with Crippen LogP contribution in [0.3, 0.4) is 0 Å². The molecule has 1 aliphatic heterocycles. The second kappa shape index (κ2) is 14.7. The van der Waals surface area contributed by atoms with Gasteiger partial charge in [0.15, 0.2) is 17.0 Å². The molecule has 0 bridgehead atoms. The third-order valence-electron chi connectivity index (χ3n) is 9.90. The maximum atomic E-state index is 13.5. The Bertz CT molecular complexity index is 1860. The quantitative estimate of drug-likeness (QED) is 0.151. The predicted octanol–water partition coefficient (Wildman–Crippen LogP) is 5.61. The zero-order valence-electron chi connectivity index (χ0n) is 27.9. The number of aromatic nitrogens is 1. The van der Waals surface area contributed by atoms with Gasteiger partial charge in [-0.25, -0.2) is 4.99 Å². The number of para-hydroxylation sites is 1. The lowest BCUT2D eigenvalue weighted by Gasteiger charge is -2.52. The van der Waals surface area contributed by atoms with Crippen LogP contribution in [0.4, 0.5) is 5.69 Å². The number of allylic oxidation sites excluding steroid dienone is 1. The van der Waals surface area contributed by atoms with Gasteiger partial charge in [-0.2, -0.15) is 4.57 Å². The Balaban J connectivity index is 1.08. The van der Waals surface area contributed by atoms with Crippen LogP contribution in [0.15, 0.2) is 90.1 Å². The van der Waals surface area contributed by atoms with E-state index in [2.05, 4.69) is 84.2 Å². The van der Waals surface area contributed by atoms with Gasteiger partial charge in [-0.05, 0) is 55.2 Å². The minimum atomic E-state index is -1.13. The number of pyridine rings is 1. The van der Waals surface area contributed by atoms with Gasteiger partial charge in [0.1, 0.15) is 6.54 Å². The van der Waals surface area contributed by atoms with E-state index in [0.29, 0.717) is 11.1 Å². The normalized spacial score (nSPS) is 18.3.